The predicted molar refractivity (Wildman–Crippen MR) is 61.2 cm³/mol. The minimum Gasteiger partial charge on any atom is -0.338 e. The molecule has 1 fully saturated rings. The van der Waals surface area contributed by atoms with Crippen LogP contribution in [0.2, 0.25) is 0 Å². The van der Waals surface area contributed by atoms with Crippen molar-refractivity contribution in [3.05, 3.63) is 11.7 Å². The Hall–Kier alpha value is -0.940. The second-order valence-electron chi connectivity index (χ2n) is 4.60. The van der Waals surface area contributed by atoms with Gasteiger partial charge in [0.05, 0.1) is 6.04 Å². The molecule has 2 heterocycles. The van der Waals surface area contributed by atoms with E-state index in [0.717, 1.165) is 37.6 Å². The third kappa shape index (κ3) is 3.02. The van der Waals surface area contributed by atoms with Crippen molar-refractivity contribution < 1.29 is 4.52 Å². The van der Waals surface area contributed by atoms with E-state index in [0.29, 0.717) is 0 Å². The normalized spacial score (nSPS) is 21.6. The third-order valence-corrected chi connectivity index (χ3v) is 2.87. The molecule has 16 heavy (non-hydrogen) atoms. The van der Waals surface area contributed by atoms with Crippen LogP contribution in [-0.2, 0) is 6.42 Å². The SMILES string of the molecule is CN(C)CCc1noc([C@H]2CCCCN2)n1. The van der Waals surface area contributed by atoms with Crippen LogP contribution in [0.4, 0.5) is 0 Å². The van der Waals surface area contributed by atoms with Gasteiger partial charge in [-0.2, -0.15) is 4.98 Å². The summed E-state index contributed by atoms with van der Waals surface area (Å²) < 4.78 is 5.29. The molecule has 0 amide bonds. The Morgan fingerprint density at radius 2 is 2.31 bits per heavy atom. The van der Waals surface area contributed by atoms with Crippen LogP contribution in [0, 0.1) is 0 Å². The third-order valence-electron chi connectivity index (χ3n) is 2.87. The highest BCUT2D eigenvalue weighted by molar-refractivity contribution is 4.94. The average molecular weight is 224 g/mol. The number of hydrogen-bond acceptors (Lipinski definition) is 5. The molecule has 1 aliphatic rings. The largest absolute Gasteiger partial charge is 0.338 e. The van der Waals surface area contributed by atoms with Crippen molar-refractivity contribution in [2.45, 2.75) is 31.7 Å². The fourth-order valence-electron chi connectivity index (χ4n) is 1.90. The fourth-order valence-corrected chi connectivity index (χ4v) is 1.90. The Balaban J connectivity index is 1.90. The molecule has 5 heteroatoms. The minimum absolute atomic E-state index is 0.273. The van der Waals surface area contributed by atoms with Gasteiger partial charge in [-0.1, -0.05) is 11.6 Å². The molecule has 0 unspecified atom stereocenters. The molecule has 0 aromatic carbocycles. The molecule has 2 rings (SSSR count). The molecule has 0 radical (unpaired) electrons. The quantitative estimate of drug-likeness (QED) is 0.826. The van der Waals surface area contributed by atoms with Gasteiger partial charge in [0.1, 0.15) is 0 Å². The Labute approximate surface area is 96.2 Å². The summed E-state index contributed by atoms with van der Waals surface area (Å²) in [6, 6.07) is 0.273. The van der Waals surface area contributed by atoms with E-state index in [1.807, 2.05) is 14.1 Å². The second-order valence-corrected chi connectivity index (χ2v) is 4.60. The molecule has 0 spiro atoms. The molecule has 0 saturated carbocycles. The van der Waals surface area contributed by atoms with E-state index >= 15 is 0 Å². The first-order chi connectivity index (χ1) is 7.75. The maximum atomic E-state index is 5.29. The Morgan fingerprint density at radius 1 is 1.44 bits per heavy atom. The summed E-state index contributed by atoms with van der Waals surface area (Å²) in [6.07, 6.45) is 4.45. The standard InChI is InChI=1S/C11H20N4O/c1-15(2)8-6-10-13-11(16-14-10)9-5-3-4-7-12-9/h9,12H,3-8H2,1-2H3/t9-/m1/s1. The maximum Gasteiger partial charge on any atom is 0.243 e. The van der Waals surface area contributed by atoms with E-state index in [4.69, 9.17) is 4.52 Å². The summed E-state index contributed by atoms with van der Waals surface area (Å²) in [6.45, 7) is 2.01. The van der Waals surface area contributed by atoms with Crippen LogP contribution in [0.3, 0.4) is 0 Å². The molecule has 1 aromatic rings. The van der Waals surface area contributed by atoms with Crippen molar-refractivity contribution in [3.8, 4) is 0 Å². The van der Waals surface area contributed by atoms with Crippen molar-refractivity contribution in [2.75, 3.05) is 27.2 Å². The molecule has 0 bridgehead atoms. The lowest BCUT2D eigenvalue weighted by Gasteiger charge is -2.19. The van der Waals surface area contributed by atoms with E-state index in [1.54, 1.807) is 0 Å². The summed E-state index contributed by atoms with van der Waals surface area (Å²) in [7, 11) is 4.09. The lowest BCUT2D eigenvalue weighted by atomic mass is 10.1. The van der Waals surface area contributed by atoms with Crippen LogP contribution in [0.25, 0.3) is 0 Å². The summed E-state index contributed by atoms with van der Waals surface area (Å²) >= 11 is 0. The van der Waals surface area contributed by atoms with Crippen LogP contribution < -0.4 is 5.32 Å². The molecule has 0 aliphatic carbocycles. The van der Waals surface area contributed by atoms with E-state index in [1.165, 1.54) is 12.8 Å². The molecule has 1 N–H and O–H groups in total. The smallest absolute Gasteiger partial charge is 0.243 e. The van der Waals surface area contributed by atoms with Gasteiger partial charge in [-0.25, -0.2) is 0 Å². The summed E-state index contributed by atoms with van der Waals surface area (Å²) in [5, 5.41) is 7.42. The van der Waals surface area contributed by atoms with E-state index in [2.05, 4.69) is 20.4 Å². The number of likely N-dealkylation sites (N-methyl/N-ethyl adjacent to an activating group) is 1. The number of nitrogens with zero attached hydrogens (tertiary/aromatic N) is 3. The van der Waals surface area contributed by atoms with Crippen LogP contribution in [0.15, 0.2) is 4.52 Å². The van der Waals surface area contributed by atoms with Gasteiger partial charge in [0.2, 0.25) is 5.89 Å². The summed E-state index contributed by atoms with van der Waals surface area (Å²) in [4.78, 5) is 6.56. The zero-order valence-corrected chi connectivity index (χ0v) is 10.1. The number of rotatable bonds is 4. The van der Waals surface area contributed by atoms with Gasteiger partial charge in [0, 0.05) is 13.0 Å². The van der Waals surface area contributed by atoms with Gasteiger partial charge < -0.3 is 14.7 Å². The Bertz CT molecular complexity index is 318. The van der Waals surface area contributed by atoms with Gasteiger partial charge in [0.25, 0.3) is 0 Å². The molecule has 1 aliphatic heterocycles. The van der Waals surface area contributed by atoms with Gasteiger partial charge in [-0.15, -0.1) is 0 Å². The fraction of sp³-hybridized carbons (Fsp3) is 0.818. The van der Waals surface area contributed by atoms with Crippen molar-refractivity contribution in [1.29, 1.82) is 0 Å². The highest BCUT2D eigenvalue weighted by atomic mass is 16.5. The van der Waals surface area contributed by atoms with Gasteiger partial charge in [-0.05, 0) is 33.5 Å². The number of nitrogens with one attached hydrogen (secondary N) is 1. The summed E-state index contributed by atoms with van der Waals surface area (Å²) in [5.74, 6) is 1.57. The first kappa shape index (κ1) is 11.5. The second kappa shape index (κ2) is 5.41. The van der Waals surface area contributed by atoms with Crippen molar-refractivity contribution in [3.63, 3.8) is 0 Å². The number of piperidine rings is 1. The van der Waals surface area contributed by atoms with E-state index in [-0.39, 0.29) is 6.04 Å². The van der Waals surface area contributed by atoms with Crippen molar-refractivity contribution in [1.82, 2.24) is 20.4 Å². The highest BCUT2D eigenvalue weighted by Gasteiger charge is 2.20. The van der Waals surface area contributed by atoms with Gasteiger partial charge >= 0.3 is 0 Å². The lowest BCUT2D eigenvalue weighted by Crippen LogP contribution is -2.27. The van der Waals surface area contributed by atoms with Gasteiger partial charge in [-0.3, -0.25) is 0 Å². The first-order valence-corrected chi connectivity index (χ1v) is 5.96. The Kier molecular flexibility index (Phi) is 3.90. The van der Waals surface area contributed by atoms with Crippen LogP contribution in [-0.4, -0.2) is 42.2 Å². The van der Waals surface area contributed by atoms with E-state index in [9.17, 15) is 0 Å². The first-order valence-electron chi connectivity index (χ1n) is 5.96. The molecule has 1 aromatic heterocycles. The highest BCUT2D eigenvalue weighted by Crippen LogP contribution is 2.21. The van der Waals surface area contributed by atoms with Crippen LogP contribution in [0.5, 0.6) is 0 Å². The van der Waals surface area contributed by atoms with Crippen molar-refractivity contribution in [2.24, 2.45) is 0 Å². The summed E-state index contributed by atoms with van der Waals surface area (Å²) in [5.41, 5.74) is 0. The molecule has 1 atom stereocenters. The average Bonchev–Trinajstić information content (AvgIpc) is 2.76. The molecule has 5 nitrogen and oxygen atoms in total. The van der Waals surface area contributed by atoms with Gasteiger partial charge in [0.15, 0.2) is 5.82 Å². The molecule has 1 saturated heterocycles. The molecular formula is C11H20N4O. The molecular weight excluding hydrogens is 204 g/mol. The van der Waals surface area contributed by atoms with E-state index < -0.39 is 0 Å². The minimum atomic E-state index is 0.273. The zero-order chi connectivity index (χ0) is 11.4. The lowest BCUT2D eigenvalue weighted by molar-refractivity contribution is 0.295. The zero-order valence-electron chi connectivity index (χ0n) is 10.1. The van der Waals surface area contributed by atoms with Crippen LogP contribution >= 0.6 is 0 Å². The predicted octanol–water partition coefficient (Wildman–Crippen LogP) is 0.988. The topological polar surface area (TPSA) is 54.2 Å². The maximum absolute atomic E-state index is 5.29. The monoisotopic (exact) mass is 224 g/mol. The number of aromatic nitrogens is 2. The molecule has 90 valence electrons. The van der Waals surface area contributed by atoms with Crippen molar-refractivity contribution >= 4 is 0 Å². The number of hydrogen-bond donors (Lipinski definition) is 1. The Morgan fingerprint density at radius 3 is 3.00 bits per heavy atom. The van der Waals surface area contributed by atoms with Crippen LogP contribution in [0.1, 0.15) is 37.0 Å².